The van der Waals surface area contributed by atoms with Crippen LogP contribution in [0.15, 0.2) is 22.7 Å². The Labute approximate surface area is 129 Å². The summed E-state index contributed by atoms with van der Waals surface area (Å²) in [6.07, 6.45) is 5.35. The first-order valence-electron chi connectivity index (χ1n) is 7.60. The molecule has 0 saturated carbocycles. The lowest BCUT2D eigenvalue weighted by atomic mass is 10.0. The molecule has 2 heterocycles. The van der Waals surface area contributed by atoms with Gasteiger partial charge in [0.2, 0.25) is 0 Å². The van der Waals surface area contributed by atoms with Gasteiger partial charge in [-0.05, 0) is 50.2 Å². The molecule has 1 fully saturated rings. The first-order valence-corrected chi connectivity index (χ1v) is 8.39. The summed E-state index contributed by atoms with van der Waals surface area (Å²) in [5.74, 6) is 1.07. The molecule has 1 aromatic carbocycles. The van der Waals surface area contributed by atoms with Crippen molar-refractivity contribution in [2.75, 3.05) is 26.7 Å². The van der Waals surface area contributed by atoms with Gasteiger partial charge in [-0.1, -0.05) is 22.4 Å². The number of piperidine rings is 1. The van der Waals surface area contributed by atoms with Crippen molar-refractivity contribution in [1.82, 2.24) is 10.2 Å². The van der Waals surface area contributed by atoms with Gasteiger partial charge in [-0.2, -0.15) is 0 Å². The molecule has 0 aliphatic carbocycles. The van der Waals surface area contributed by atoms with Gasteiger partial charge in [-0.15, -0.1) is 0 Å². The van der Waals surface area contributed by atoms with Gasteiger partial charge in [-0.3, -0.25) is 4.90 Å². The fourth-order valence-electron chi connectivity index (χ4n) is 3.42. The minimum Gasteiger partial charge on any atom is -0.488 e. The molecule has 3 rings (SSSR count). The van der Waals surface area contributed by atoms with Crippen LogP contribution in [0, 0.1) is 0 Å². The topological polar surface area (TPSA) is 24.5 Å². The molecule has 3 nitrogen and oxygen atoms in total. The summed E-state index contributed by atoms with van der Waals surface area (Å²) in [7, 11) is 2.05. The van der Waals surface area contributed by atoms with Gasteiger partial charge in [0.1, 0.15) is 11.9 Å². The Morgan fingerprint density at radius 3 is 3.15 bits per heavy atom. The fraction of sp³-hybridized carbons (Fsp3) is 0.625. The van der Waals surface area contributed by atoms with Gasteiger partial charge in [0.25, 0.3) is 0 Å². The summed E-state index contributed by atoms with van der Waals surface area (Å²) in [5, 5.41) is 3.33. The quantitative estimate of drug-likeness (QED) is 0.913. The molecule has 110 valence electrons. The van der Waals surface area contributed by atoms with E-state index in [1.807, 2.05) is 7.05 Å². The Balaban J connectivity index is 1.61. The Bertz CT molecular complexity index is 464. The summed E-state index contributed by atoms with van der Waals surface area (Å²) >= 11 is 3.54. The lowest BCUT2D eigenvalue weighted by Crippen LogP contribution is -2.48. The second-order valence-electron chi connectivity index (χ2n) is 5.90. The number of likely N-dealkylation sites (N-methyl/N-ethyl adjacent to an activating group) is 1. The first-order chi connectivity index (χ1) is 9.76. The third-order valence-electron chi connectivity index (χ3n) is 4.39. The van der Waals surface area contributed by atoms with Crippen LogP contribution in [-0.4, -0.2) is 43.7 Å². The molecule has 4 heteroatoms. The predicted molar refractivity (Wildman–Crippen MR) is 85.4 cm³/mol. The number of hydrogen-bond acceptors (Lipinski definition) is 3. The summed E-state index contributed by atoms with van der Waals surface area (Å²) in [4.78, 5) is 2.62. The van der Waals surface area contributed by atoms with Crippen LogP contribution in [-0.2, 0) is 6.42 Å². The summed E-state index contributed by atoms with van der Waals surface area (Å²) in [6.45, 7) is 3.36. The Morgan fingerprint density at radius 2 is 2.30 bits per heavy atom. The number of fused-ring (bicyclic) bond motifs is 1. The van der Waals surface area contributed by atoms with Gasteiger partial charge in [0.15, 0.2) is 0 Å². The summed E-state index contributed by atoms with van der Waals surface area (Å²) < 4.78 is 7.25. The van der Waals surface area contributed by atoms with Crippen molar-refractivity contribution >= 4 is 15.9 Å². The first kappa shape index (κ1) is 14.4. The minimum absolute atomic E-state index is 0.316. The van der Waals surface area contributed by atoms with Crippen LogP contribution >= 0.6 is 15.9 Å². The second-order valence-corrected chi connectivity index (χ2v) is 6.81. The van der Waals surface area contributed by atoms with E-state index < -0.39 is 0 Å². The number of benzene rings is 1. The molecule has 1 aromatic rings. The van der Waals surface area contributed by atoms with Crippen LogP contribution in [0.1, 0.15) is 24.8 Å². The number of rotatable bonds is 4. The van der Waals surface area contributed by atoms with E-state index >= 15 is 0 Å². The number of ether oxygens (including phenoxy) is 1. The average molecular weight is 339 g/mol. The van der Waals surface area contributed by atoms with Gasteiger partial charge >= 0.3 is 0 Å². The zero-order valence-electron chi connectivity index (χ0n) is 12.1. The van der Waals surface area contributed by atoms with E-state index in [2.05, 4.69) is 44.3 Å². The SMILES string of the molecule is CNCC1CCCCN1CC1Cc2cc(Br)ccc2O1. The monoisotopic (exact) mass is 338 g/mol. The zero-order valence-corrected chi connectivity index (χ0v) is 13.7. The highest BCUT2D eigenvalue weighted by Gasteiger charge is 2.29. The van der Waals surface area contributed by atoms with E-state index in [1.54, 1.807) is 0 Å². The van der Waals surface area contributed by atoms with Crippen LogP contribution in [0.4, 0.5) is 0 Å². The molecule has 0 aromatic heterocycles. The van der Waals surface area contributed by atoms with Crippen molar-refractivity contribution < 1.29 is 4.74 Å². The van der Waals surface area contributed by atoms with E-state index in [4.69, 9.17) is 4.74 Å². The van der Waals surface area contributed by atoms with Crippen molar-refractivity contribution in [2.45, 2.75) is 37.8 Å². The highest BCUT2D eigenvalue weighted by atomic mass is 79.9. The van der Waals surface area contributed by atoms with Crippen LogP contribution < -0.4 is 10.1 Å². The highest BCUT2D eigenvalue weighted by molar-refractivity contribution is 9.10. The van der Waals surface area contributed by atoms with Gasteiger partial charge in [0, 0.05) is 30.0 Å². The van der Waals surface area contributed by atoms with E-state index in [0.29, 0.717) is 12.1 Å². The largest absolute Gasteiger partial charge is 0.488 e. The molecule has 1 N–H and O–H groups in total. The summed E-state index contributed by atoms with van der Waals surface area (Å²) in [6, 6.07) is 7.01. The lowest BCUT2D eigenvalue weighted by Gasteiger charge is -2.36. The Hall–Kier alpha value is -0.580. The molecule has 1 saturated heterocycles. The number of likely N-dealkylation sites (tertiary alicyclic amines) is 1. The molecule has 2 unspecified atom stereocenters. The van der Waals surface area contributed by atoms with Crippen LogP contribution in [0.5, 0.6) is 5.75 Å². The van der Waals surface area contributed by atoms with Gasteiger partial charge in [0.05, 0.1) is 0 Å². The zero-order chi connectivity index (χ0) is 13.9. The Kier molecular flexibility index (Phi) is 4.64. The number of hydrogen-bond donors (Lipinski definition) is 1. The van der Waals surface area contributed by atoms with Crippen molar-refractivity contribution in [3.8, 4) is 5.75 Å². The van der Waals surface area contributed by atoms with E-state index in [-0.39, 0.29) is 0 Å². The van der Waals surface area contributed by atoms with Crippen molar-refractivity contribution in [2.24, 2.45) is 0 Å². The molecule has 2 atom stereocenters. The maximum Gasteiger partial charge on any atom is 0.123 e. The predicted octanol–water partition coefficient (Wildman–Crippen LogP) is 2.83. The van der Waals surface area contributed by atoms with E-state index in [0.717, 1.165) is 29.7 Å². The third kappa shape index (κ3) is 3.18. The highest BCUT2D eigenvalue weighted by Crippen LogP contribution is 2.32. The lowest BCUT2D eigenvalue weighted by molar-refractivity contribution is 0.0904. The molecule has 0 radical (unpaired) electrons. The summed E-state index contributed by atoms with van der Waals surface area (Å²) in [5.41, 5.74) is 1.34. The smallest absolute Gasteiger partial charge is 0.123 e. The number of nitrogens with zero attached hydrogens (tertiary/aromatic N) is 1. The Morgan fingerprint density at radius 1 is 1.40 bits per heavy atom. The van der Waals surface area contributed by atoms with Crippen LogP contribution in [0.2, 0.25) is 0 Å². The average Bonchev–Trinajstić information content (AvgIpc) is 2.82. The maximum absolute atomic E-state index is 6.11. The standard InChI is InChI=1S/C16H23BrN2O/c1-18-10-14-4-2-3-7-19(14)11-15-9-12-8-13(17)5-6-16(12)20-15/h5-6,8,14-15,18H,2-4,7,9-11H2,1H3. The van der Waals surface area contributed by atoms with Crippen LogP contribution in [0.25, 0.3) is 0 Å². The minimum atomic E-state index is 0.316. The van der Waals surface area contributed by atoms with Crippen molar-refractivity contribution in [3.05, 3.63) is 28.2 Å². The maximum atomic E-state index is 6.11. The van der Waals surface area contributed by atoms with E-state index in [9.17, 15) is 0 Å². The van der Waals surface area contributed by atoms with Gasteiger partial charge < -0.3 is 10.1 Å². The number of halogens is 1. The van der Waals surface area contributed by atoms with Crippen molar-refractivity contribution in [3.63, 3.8) is 0 Å². The molecule has 0 amide bonds. The molecule has 2 aliphatic rings. The third-order valence-corrected chi connectivity index (χ3v) is 4.88. The fourth-order valence-corrected chi connectivity index (χ4v) is 3.83. The van der Waals surface area contributed by atoms with Gasteiger partial charge in [-0.25, -0.2) is 0 Å². The molecule has 0 spiro atoms. The second kappa shape index (κ2) is 6.46. The molecule has 20 heavy (non-hydrogen) atoms. The van der Waals surface area contributed by atoms with Crippen LogP contribution in [0.3, 0.4) is 0 Å². The molecular formula is C16H23BrN2O. The van der Waals surface area contributed by atoms with Crippen molar-refractivity contribution in [1.29, 1.82) is 0 Å². The molecule has 0 bridgehead atoms. The molecule has 2 aliphatic heterocycles. The normalized spacial score (nSPS) is 26.3. The molecular weight excluding hydrogens is 316 g/mol. The van der Waals surface area contributed by atoms with E-state index in [1.165, 1.54) is 31.4 Å². The number of nitrogens with one attached hydrogen (secondary N) is 1.